The molecule has 1 rings (SSSR count). The van der Waals surface area contributed by atoms with Crippen LogP contribution in [0.3, 0.4) is 0 Å². The summed E-state index contributed by atoms with van der Waals surface area (Å²) in [5.41, 5.74) is 6.11. The highest BCUT2D eigenvalue weighted by Crippen LogP contribution is 2.06. The van der Waals surface area contributed by atoms with Crippen molar-refractivity contribution < 1.29 is 24.3 Å². The summed E-state index contributed by atoms with van der Waals surface area (Å²) >= 11 is 0. The average Bonchev–Trinajstić information content (AvgIpc) is 2.65. The second-order valence-corrected chi connectivity index (χ2v) is 7.15. The number of hydrogen-bond donors (Lipinski definition) is 5. The molecular formula is C20H30N4O5. The lowest BCUT2D eigenvalue weighted by molar-refractivity contribution is -0.141. The molecule has 0 aliphatic carbocycles. The van der Waals surface area contributed by atoms with E-state index in [1.807, 2.05) is 19.9 Å². The molecular weight excluding hydrogens is 376 g/mol. The Hall–Kier alpha value is -2.94. The number of amides is 3. The highest BCUT2D eigenvalue weighted by Gasteiger charge is 2.24. The van der Waals surface area contributed by atoms with E-state index in [0.29, 0.717) is 6.42 Å². The third-order valence-electron chi connectivity index (χ3n) is 4.07. The van der Waals surface area contributed by atoms with Crippen molar-refractivity contribution in [2.75, 3.05) is 13.1 Å². The Kier molecular flexibility index (Phi) is 10.4. The largest absolute Gasteiger partial charge is 0.480 e. The van der Waals surface area contributed by atoms with E-state index in [1.54, 1.807) is 24.3 Å². The molecule has 6 N–H and O–H groups in total. The van der Waals surface area contributed by atoms with Crippen LogP contribution in [0.4, 0.5) is 0 Å². The molecule has 1 aromatic rings. The van der Waals surface area contributed by atoms with Crippen LogP contribution in [0.2, 0.25) is 0 Å². The van der Waals surface area contributed by atoms with Crippen LogP contribution in [0.5, 0.6) is 0 Å². The average molecular weight is 406 g/mol. The second-order valence-electron chi connectivity index (χ2n) is 7.15. The molecule has 3 amide bonds. The van der Waals surface area contributed by atoms with Crippen LogP contribution >= 0.6 is 0 Å². The van der Waals surface area contributed by atoms with Crippen LogP contribution in [0, 0.1) is 5.92 Å². The molecule has 0 aromatic heterocycles. The lowest BCUT2D eigenvalue weighted by Crippen LogP contribution is -2.51. The zero-order valence-electron chi connectivity index (χ0n) is 16.8. The third kappa shape index (κ3) is 9.70. The van der Waals surface area contributed by atoms with E-state index in [1.165, 1.54) is 0 Å². The summed E-state index contributed by atoms with van der Waals surface area (Å²) in [4.78, 5) is 47.7. The van der Waals surface area contributed by atoms with E-state index < -0.39 is 36.4 Å². The lowest BCUT2D eigenvalue weighted by Gasteiger charge is -2.20. The molecule has 0 spiro atoms. The number of aliphatic carboxylic acids is 1. The summed E-state index contributed by atoms with van der Waals surface area (Å²) in [5, 5.41) is 16.8. The number of carbonyl (C=O) groups excluding carboxylic acids is 3. The first-order chi connectivity index (χ1) is 13.7. The number of benzene rings is 1. The SMILES string of the molecule is CC(C)C[C@H](NC(=O)CCN)C(=O)NCC(=O)N[C@@H](Cc1ccccc1)C(=O)O. The summed E-state index contributed by atoms with van der Waals surface area (Å²) in [7, 11) is 0. The second kappa shape index (κ2) is 12.5. The van der Waals surface area contributed by atoms with Crippen molar-refractivity contribution in [3.8, 4) is 0 Å². The Labute approximate surface area is 170 Å². The Balaban J connectivity index is 2.60. The van der Waals surface area contributed by atoms with Gasteiger partial charge in [-0.3, -0.25) is 14.4 Å². The zero-order chi connectivity index (χ0) is 21.8. The number of rotatable bonds is 12. The van der Waals surface area contributed by atoms with Crippen LogP contribution in [0.25, 0.3) is 0 Å². The molecule has 0 saturated carbocycles. The van der Waals surface area contributed by atoms with Gasteiger partial charge in [0.1, 0.15) is 12.1 Å². The molecule has 29 heavy (non-hydrogen) atoms. The minimum atomic E-state index is -1.17. The molecule has 2 atom stereocenters. The highest BCUT2D eigenvalue weighted by atomic mass is 16.4. The summed E-state index contributed by atoms with van der Waals surface area (Å²) in [6.07, 6.45) is 0.624. The van der Waals surface area contributed by atoms with Crippen molar-refractivity contribution in [3.63, 3.8) is 0 Å². The van der Waals surface area contributed by atoms with Crippen LogP contribution in [-0.4, -0.2) is 54.0 Å². The third-order valence-corrected chi connectivity index (χ3v) is 4.07. The van der Waals surface area contributed by atoms with Crippen LogP contribution in [0.15, 0.2) is 30.3 Å². The molecule has 160 valence electrons. The molecule has 0 aliphatic heterocycles. The van der Waals surface area contributed by atoms with Crippen molar-refractivity contribution in [2.24, 2.45) is 11.7 Å². The molecule has 0 radical (unpaired) electrons. The maximum Gasteiger partial charge on any atom is 0.326 e. The van der Waals surface area contributed by atoms with E-state index in [-0.39, 0.29) is 31.2 Å². The molecule has 9 nitrogen and oxygen atoms in total. The van der Waals surface area contributed by atoms with E-state index in [0.717, 1.165) is 5.56 Å². The Morgan fingerprint density at radius 3 is 2.17 bits per heavy atom. The van der Waals surface area contributed by atoms with Gasteiger partial charge in [-0.15, -0.1) is 0 Å². The smallest absolute Gasteiger partial charge is 0.326 e. The van der Waals surface area contributed by atoms with Gasteiger partial charge in [0.2, 0.25) is 17.7 Å². The summed E-state index contributed by atoms with van der Waals surface area (Å²) in [6, 6.07) is 7.01. The minimum Gasteiger partial charge on any atom is -0.480 e. The van der Waals surface area contributed by atoms with Crippen LogP contribution < -0.4 is 21.7 Å². The van der Waals surface area contributed by atoms with E-state index >= 15 is 0 Å². The molecule has 0 unspecified atom stereocenters. The Morgan fingerprint density at radius 1 is 1.00 bits per heavy atom. The van der Waals surface area contributed by atoms with Crippen molar-refractivity contribution in [2.45, 2.75) is 45.2 Å². The monoisotopic (exact) mass is 406 g/mol. The van der Waals surface area contributed by atoms with E-state index in [9.17, 15) is 24.3 Å². The molecule has 1 aromatic carbocycles. The number of carbonyl (C=O) groups is 4. The highest BCUT2D eigenvalue weighted by molar-refractivity contribution is 5.91. The van der Waals surface area contributed by atoms with Crippen LogP contribution in [-0.2, 0) is 25.6 Å². The number of carboxylic acids is 1. The lowest BCUT2D eigenvalue weighted by atomic mass is 10.0. The van der Waals surface area contributed by atoms with Gasteiger partial charge in [-0.25, -0.2) is 4.79 Å². The molecule has 0 saturated heterocycles. The summed E-state index contributed by atoms with van der Waals surface area (Å²) in [6.45, 7) is 3.59. The van der Waals surface area contributed by atoms with Crippen molar-refractivity contribution in [1.82, 2.24) is 16.0 Å². The van der Waals surface area contributed by atoms with Gasteiger partial charge in [-0.1, -0.05) is 44.2 Å². The first kappa shape index (κ1) is 24.1. The Morgan fingerprint density at radius 2 is 1.62 bits per heavy atom. The topological polar surface area (TPSA) is 151 Å². The maximum atomic E-state index is 12.4. The molecule has 0 fully saturated rings. The first-order valence-electron chi connectivity index (χ1n) is 9.56. The van der Waals surface area contributed by atoms with Gasteiger partial charge in [-0.2, -0.15) is 0 Å². The van der Waals surface area contributed by atoms with E-state index in [2.05, 4.69) is 16.0 Å². The van der Waals surface area contributed by atoms with E-state index in [4.69, 9.17) is 5.73 Å². The maximum absolute atomic E-state index is 12.4. The first-order valence-corrected chi connectivity index (χ1v) is 9.56. The number of hydrogen-bond acceptors (Lipinski definition) is 5. The van der Waals surface area contributed by atoms with Gasteiger partial charge in [-0.05, 0) is 17.9 Å². The molecule has 0 heterocycles. The fourth-order valence-corrected chi connectivity index (χ4v) is 2.69. The quantitative estimate of drug-likeness (QED) is 0.324. The van der Waals surface area contributed by atoms with Gasteiger partial charge in [0, 0.05) is 19.4 Å². The van der Waals surface area contributed by atoms with Crippen molar-refractivity contribution in [3.05, 3.63) is 35.9 Å². The molecule has 0 bridgehead atoms. The number of nitrogens with one attached hydrogen (secondary N) is 3. The van der Waals surface area contributed by atoms with Gasteiger partial charge in [0.25, 0.3) is 0 Å². The van der Waals surface area contributed by atoms with Gasteiger partial charge in [0.15, 0.2) is 0 Å². The van der Waals surface area contributed by atoms with Crippen molar-refractivity contribution >= 4 is 23.7 Å². The summed E-state index contributed by atoms with van der Waals surface area (Å²) in [5.74, 6) is -2.50. The molecule has 9 heteroatoms. The number of carboxylic acid groups (broad SMARTS) is 1. The van der Waals surface area contributed by atoms with Gasteiger partial charge >= 0.3 is 5.97 Å². The predicted molar refractivity (Wildman–Crippen MR) is 108 cm³/mol. The predicted octanol–water partition coefficient (Wildman–Crippen LogP) is -0.206. The van der Waals surface area contributed by atoms with Crippen LogP contribution in [0.1, 0.15) is 32.3 Å². The fourth-order valence-electron chi connectivity index (χ4n) is 2.69. The summed E-state index contributed by atoms with van der Waals surface area (Å²) < 4.78 is 0. The fraction of sp³-hybridized carbons (Fsp3) is 0.500. The van der Waals surface area contributed by atoms with Gasteiger partial charge in [0.05, 0.1) is 6.54 Å². The Bertz CT molecular complexity index is 693. The van der Waals surface area contributed by atoms with Gasteiger partial charge < -0.3 is 26.8 Å². The minimum absolute atomic E-state index is 0.0993. The normalized spacial score (nSPS) is 12.7. The van der Waals surface area contributed by atoms with Crippen molar-refractivity contribution in [1.29, 1.82) is 0 Å². The standard InChI is InChI=1S/C20H30N4O5/c1-13(2)10-15(23-17(25)8-9-21)19(27)22-12-18(26)24-16(20(28)29)11-14-6-4-3-5-7-14/h3-7,13,15-16H,8-12,21H2,1-2H3,(H,22,27)(H,23,25)(H,24,26)(H,28,29)/t15-,16-/m0/s1. The zero-order valence-corrected chi connectivity index (χ0v) is 16.8. The number of nitrogens with two attached hydrogens (primary N) is 1. The molecule has 0 aliphatic rings.